The molecule has 0 bridgehead atoms. The highest BCUT2D eigenvalue weighted by Crippen LogP contribution is 2.32. The van der Waals surface area contributed by atoms with Crippen molar-refractivity contribution in [3.05, 3.63) is 30.3 Å². The number of nitrogens with one attached hydrogen (secondary N) is 1. The summed E-state index contributed by atoms with van der Waals surface area (Å²) in [5.74, 6) is 0.905. The Morgan fingerprint density at radius 2 is 2.09 bits per heavy atom. The monoisotopic (exact) mass is 336 g/mol. The predicted molar refractivity (Wildman–Crippen MR) is 88.9 cm³/mol. The van der Waals surface area contributed by atoms with E-state index in [4.69, 9.17) is 5.73 Å². The van der Waals surface area contributed by atoms with E-state index in [1.54, 1.807) is 6.92 Å². The number of halogens is 1. The summed E-state index contributed by atoms with van der Waals surface area (Å²) in [4.78, 5) is 13.6. The van der Waals surface area contributed by atoms with Gasteiger partial charge in [0, 0.05) is 18.2 Å². The van der Waals surface area contributed by atoms with Crippen LogP contribution in [0, 0.1) is 5.92 Å². The molecule has 1 aliphatic carbocycles. The molecule has 2 aromatic rings. The second kappa shape index (κ2) is 7.52. The number of aromatic nitrogens is 4. The second-order valence-corrected chi connectivity index (χ2v) is 5.66. The van der Waals surface area contributed by atoms with Crippen LogP contribution in [0.5, 0.6) is 0 Å². The largest absolute Gasteiger partial charge is 0.350 e. The number of carbonyl (C=O) groups is 1. The molecule has 1 fully saturated rings. The van der Waals surface area contributed by atoms with Crippen molar-refractivity contribution in [2.24, 2.45) is 11.7 Å². The van der Waals surface area contributed by atoms with E-state index in [-0.39, 0.29) is 24.4 Å². The van der Waals surface area contributed by atoms with Crippen LogP contribution in [0.25, 0.3) is 11.4 Å². The van der Waals surface area contributed by atoms with Crippen LogP contribution in [-0.4, -0.2) is 38.7 Å². The topological polar surface area (TPSA) is 98.7 Å². The number of hydrogen-bond donors (Lipinski definition) is 2. The molecule has 0 radical (unpaired) electrons. The molecule has 2 unspecified atom stereocenters. The summed E-state index contributed by atoms with van der Waals surface area (Å²) in [6.45, 7) is 2.22. The minimum atomic E-state index is -0.516. The highest BCUT2D eigenvalue weighted by atomic mass is 35.5. The number of benzene rings is 1. The first-order valence-electron chi connectivity index (χ1n) is 7.54. The van der Waals surface area contributed by atoms with E-state index >= 15 is 0 Å². The van der Waals surface area contributed by atoms with Crippen molar-refractivity contribution < 1.29 is 4.79 Å². The lowest BCUT2D eigenvalue weighted by Gasteiger charge is -2.18. The minimum Gasteiger partial charge on any atom is -0.350 e. The molecule has 1 aromatic carbocycles. The van der Waals surface area contributed by atoms with Gasteiger partial charge in [-0.1, -0.05) is 30.3 Å². The molecule has 3 N–H and O–H groups in total. The summed E-state index contributed by atoms with van der Waals surface area (Å²) in [6, 6.07) is 9.09. The van der Waals surface area contributed by atoms with Gasteiger partial charge in [-0.05, 0) is 30.9 Å². The fourth-order valence-electron chi connectivity index (χ4n) is 2.37. The van der Waals surface area contributed by atoms with Crippen LogP contribution < -0.4 is 11.1 Å². The Hall–Kier alpha value is -1.99. The quantitative estimate of drug-likeness (QED) is 0.825. The molecule has 23 heavy (non-hydrogen) atoms. The Balaban J connectivity index is 0.00000192. The van der Waals surface area contributed by atoms with Gasteiger partial charge in [-0.2, -0.15) is 4.80 Å². The predicted octanol–water partition coefficient (Wildman–Crippen LogP) is 1.18. The molecule has 0 spiro atoms. The standard InChI is InChI=1S/C15H20N6O.ClH/c1-10(15(22)17-13(9-16)11-7-8-11)21-19-14(18-20-21)12-5-3-2-4-6-12;/h2-6,10-11,13H,7-9,16H2,1H3,(H,17,22);1H. The Kier molecular flexibility index (Phi) is 5.68. The van der Waals surface area contributed by atoms with Crippen molar-refractivity contribution in [2.75, 3.05) is 6.54 Å². The molecule has 3 rings (SSSR count). The number of hydrogen-bond acceptors (Lipinski definition) is 5. The van der Waals surface area contributed by atoms with Gasteiger partial charge in [0.2, 0.25) is 11.7 Å². The molecule has 1 heterocycles. The fourth-order valence-corrected chi connectivity index (χ4v) is 2.37. The van der Waals surface area contributed by atoms with Crippen LogP contribution >= 0.6 is 12.4 Å². The number of rotatable bonds is 6. The number of tetrazole rings is 1. The van der Waals surface area contributed by atoms with Gasteiger partial charge in [-0.3, -0.25) is 4.79 Å². The lowest BCUT2D eigenvalue weighted by Crippen LogP contribution is -2.44. The summed E-state index contributed by atoms with van der Waals surface area (Å²) in [7, 11) is 0. The summed E-state index contributed by atoms with van der Waals surface area (Å²) in [6.07, 6.45) is 2.27. The Labute approximate surface area is 141 Å². The normalized spacial score (nSPS) is 16.3. The lowest BCUT2D eigenvalue weighted by molar-refractivity contribution is -0.125. The average Bonchev–Trinajstić information content (AvgIpc) is 3.28. The van der Waals surface area contributed by atoms with Crippen LogP contribution in [0.15, 0.2) is 30.3 Å². The van der Waals surface area contributed by atoms with Crippen LogP contribution in [0.3, 0.4) is 0 Å². The van der Waals surface area contributed by atoms with Gasteiger partial charge in [0.1, 0.15) is 6.04 Å². The van der Waals surface area contributed by atoms with Crippen LogP contribution in [-0.2, 0) is 4.79 Å². The van der Waals surface area contributed by atoms with E-state index in [2.05, 4.69) is 20.7 Å². The van der Waals surface area contributed by atoms with E-state index in [1.807, 2.05) is 30.3 Å². The Bertz CT molecular complexity index is 642. The maximum absolute atomic E-state index is 12.3. The molecule has 8 heteroatoms. The summed E-state index contributed by atoms with van der Waals surface area (Å²) < 4.78 is 0. The first-order chi connectivity index (χ1) is 10.7. The Morgan fingerprint density at radius 1 is 1.39 bits per heavy atom. The first kappa shape index (κ1) is 17.4. The third kappa shape index (κ3) is 4.05. The van der Waals surface area contributed by atoms with Gasteiger partial charge in [0.05, 0.1) is 0 Å². The molecule has 2 atom stereocenters. The van der Waals surface area contributed by atoms with Crippen LogP contribution in [0.4, 0.5) is 0 Å². The van der Waals surface area contributed by atoms with Crippen molar-refractivity contribution in [3.8, 4) is 11.4 Å². The summed E-state index contributed by atoms with van der Waals surface area (Å²) in [5.41, 5.74) is 6.59. The molecule has 7 nitrogen and oxygen atoms in total. The van der Waals surface area contributed by atoms with Gasteiger partial charge >= 0.3 is 0 Å². The highest BCUT2D eigenvalue weighted by molar-refractivity contribution is 5.85. The third-order valence-electron chi connectivity index (χ3n) is 3.96. The van der Waals surface area contributed by atoms with Gasteiger partial charge in [-0.25, -0.2) is 0 Å². The van der Waals surface area contributed by atoms with Gasteiger partial charge in [0.15, 0.2) is 0 Å². The summed E-state index contributed by atoms with van der Waals surface area (Å²) in [5, 5.41) is 15.3. The molecule has 0 saturated heterocycles. The van der Waals surface area contributed by atoms with Gasteiger partial charge < -0.3 is 11.1 Å². The minimum absolute atomic E-state index is 0. The first-order valence-corrected chi connectivity index (χ1v) is 7.54. The molecule has 124 valence electrons. The molecule has 1 saturated carbocycles. The third-order valence-corrected chi connectivity index (χ3v) is 3.96. The van der Waals surface area contributed by atoms with E-state index < -0.39 is 6.04 Å². The number of nitrogens with zero attached hydrogens (tertiary/aromatic N) is 4. The molecule has 1 aliphatic rings. The smallest absolute Gasteiger partial charge is 0.246 e. The zero-order valence-corrected chi connectivity index (χ0v) is 13.7. The molecule has 1 aromatic heterocycles. The van der Waals surface area contributed by atoms with E-state index in [0.29, 0.717) is 18.3 Å². The highest BCUT2D eigenvalue weighted by Gasteiger charge is 2.32. The maximum atomic E-state index is 12.3. The summed E-state index contributed by atoms with van der Waals surface area (Å²) >= 11 is 0. The molecular formula is C15H21ClN6O. The van der Waals surface area contributed by atoms with Crippen molar-refractivity contribution in [1.82, 2.24) is 25.5 Å². The van der Waals surface area contributed by atoms with Crippen molar-refractivity contribution in [1.29, 1.82) is 0 Å². The van der Waals surface area contributed by atoms with Crippen molar-refractivity contribution >= 4 is 18.3 Å². The van der Waals surface area contributed by atoms with Crippen molar-refractivity contribution in [2.45, 2.75) is 31.8 Å². The molecular weight excluding hydrogens is 316 g/mol. The Morgan fingerprint density at radius 3 is 2.70 bits per heavy atom. The molecule has 1 amide bonds. The van der Waals surface area contributed by atoms with Crippen LogP contribution in [0.1, 0.15) is 25.8 Å². The van der Waals surface area contributed by atoms with Gasteiger partial charge in [0.25, 0.3) is 0 Å². The fraction of sp³-hybridized carbons (Fsp3) is 0.467. The zero-order valence-electron chi connectivity index (χ0n) is 12.9. The number of nitrogens with two attached hydrogens (primary N) is 1. The van der Waals surface area contributed by atoms with Crippen molar-refractivity contribution in [3.63, 3.8) is 0 Å². The van der Waals surface area contributed by atoms with E-state index in [9.17, 15) is 4.79 Å². The molecule has 0 aliphatic heterocycles. The zero-order chi connectivity index (χ0) is 15.5. The van der Waals surface area contributed by atoms with Gasteiger partial charge in [-0.15, -0.1) is 22.6 Å². The number of amides is 1. The van der Waals surface area contributed by atoms with Crippen LogP contribution in [0.2, 0.25) is 0 Å². The van der Waals surface area contributed by atoms with E-state index in [1.165, 1.54) is 4.80 Å². The number of carbonyl (C=O) groups excluding carboxylic acids is 1. The SMILES string of the molecule is CC(C(=O)NC(CN)C1CC1)n1nnc(-c2ccccc2)n1.Cl. The lowest BCUT2D eigenvalue weighted by atomic mass is 10.1. The second-order valence-electron chi connectivity index (χ2n) is 5.66. The average molecular weight is 337 g/mol. The maximum Gasteiger partial charge on any atom is 0.246 e. The van der Waals surface area contributed by atoms with E-state index in [0.717, 1.165) is 18.4 Å².